The Bertz CT molecular complexity index is 913. The molecule has 1 atom stereocenters. The number of carbonyl (C=O) groups is 2. The van der Waals surface area contributed by atoms with Gasteiger partial charge in [0, 0.05) is 23.4 Å². The van der Waals surface area contributed by atoms with E-state index in [0.29, 0.717) is 23.7 Å². The van der Waals surface area contributed by atoms with Gasteiger partial charge in [-0.2, -0.15) is 0 Å². The maximum absolute atomic E-state index is 13.4. The van der Waals surface area contributed by atoms with E-state index >= 15 is 0 Å². The topological polar surface area (TPSA) is 49.4 Å². The van der Waals surface area contributed by atoms with Crippen molar-refractivity contribution in [1.29, 1.82) is 0 Å². The van der Waals surface area contributed by atoms with E-state index in [1.165, 1.54) is 17.5 Å². The van der Waals surface area contributed by atoms with Gasteiger partial charge in [0.2, 0.25) is 11.8 Å². The fourth-order valence-corrected chi connectivity index (χ4v) is 5.36. The average Bonchev–Trinajstić information content (AvgIpc) is 2.82. The second kappa shape index (κ2) is 13.0. The van der Waals surface area contributed by atoms with Crippen LogP contribution in [0.25, 0.3) is 0 Å². The Labute approximate surface area is 207 Å². The Balaban J connectivity index is 1.70. The van der Waals surface area contributed by atoms with Crippen LogP contribution < -0.4 is 5.32 Å². The summed E-state index contributed by atoms with van der Waals surface area (Å²) in [6, 6.07) is 15.6. The third kappa shape index (κ3) is 7.79. The molecule has 1 saturated carbocycles. The van der Waals surface area contributed by atoms with Crippen LogP contribution in [0.2, 0.25) is 5.02 Å². The highest BCUT2D eigenvalue weighted by Crippen LogP contribution is 2.23. The summed E-state index contributed by atoms with van der Waals surface area (Å²) in [5.41, 5.74) is 3.28. The van der Waals surface area contributed by atoms with E-state index < -0.39 is 6.04 Å². The highest BCUT2D eigenvalue weighted by atomic mass is 35.5. The minimum atomic E-state index is -0.504. The number of amides is 2. The van der Waals surface area contributed by atoms with E-state index in [4.69, 9.17) is 11.6 Å². The summed E-state index contributed by atoms with van der Waals surface area (Å²) in [5.74, 6) is 1.01. The first-order valence-corrected chi connectivity index (χ1v) is 13.5. The molecule has 178 valence electrons. The summed E-state index contributed by atoms with van der Waals surface area (Å²) in [4.78, 5) is 28.4. The first-order valence-electron chi connectivity index (χ1n) is 11.9. The minimum absolute atomic E-state index is 0.0299. The molecule has 1 N–H and O–H groups in total. The second-order valence-electron chi connectivity index (χ2n) is 8.86. The van der Waals surface area contributed by atoms with Gasteiger partial charge in [0.05, 0.1) is 5.75 Å². The van der Waals surface area contributed by atoms with Crippen molar-refractivity contribution in [1.82, 2.24) is 10.2 Å². The molecule has 0 unspecified atom stereocenters. The summed E-state index contributed by atoms with van der Waals surface area (Å²) in [6.07, 6.45) is 6.15. The van der Waals surface area contributed by atoms with Gasteiger partial charge >= 0.3 is 0 Å². The van der Waals surface area contributed by atoms with Gasteiger partial charge in [-0.1, -0.05) is 85.8 Å². The largest absolute Gasteiger partial charge is 0.352 e. The fraction of sp³-hybridized carbons (Fsp3) is 0.481. The van der Waals surface area contributed by atoms with Crippen LogP contribution in [0, 0.1) is 6.92 Å². The van der Waals surface area contributed by atoms with Gasteiger partial charge in [-0.25, -0.2) is 0 Å². The summed E-state index contributed by atoms with van der Waals surface area (Å²) < 4.78 is 0. The molecule has 4 nitrogen and oxygen atoms in total. The summed E-state index contributed by atoms with van der Waals surface area (Å²) in [7, 11) is 0. The van der Waals surface area contributed by atoms with Crippen molar-refractivity contribution in [3.05, 3.63) is 70.2 Å². The Kier molecular flexibility index (Phi) is 10.1. The minimum Gasteiger partial charge on any atom is -0.352 e. The van der Waals surface area contributed by atoms with E-state index in [1.54, 1.807) is 16.7 Å². The van der Waals surface area contributed by atoms with Crippen LogP contribution >= 0.6 is 23.4 Å². The molecule has 1 aliphatic rings. The molecule has 2 amide bonds. The van der Waals surface area contributed by atoms with E-state index in [0.717, 1.165) is 37.0 Å². The molecule has 2 aromatic carbocycles. The Morgan fingerprint density at radius 2 is 1.79 bits per heavy atom. The van der Waals surface area contributed by atoms with Gasteiger partial charge < -0.3 is 10.2 Å². The molecule has 0 aromatic heterocycles. The first-order chi connectivity index (χ1) is 16.0. The van der Waals surface area contributed by atoms with E-state index in [9.17, 15) is 9.59 Å². The molecule has 2 aromatic rings. The maximum Gasteiger partial charge on any atom is 0.243 e. The summed E-state index contributed by atoms with van der Waals surface area (Å²) in [5, 5.41) is 3.84. The molecular weight excluding hydrogens is 452 g/mol. The van der Waals surface area contributed by atoms with Gasteiger partial charge in [-0.15, -0.1) is 11.8 Å². The quantitative estimate of drug-likeness (QED) is 0.439. The molecule has 0 saturated heterocycles. The molecule has 1 fully saturated rings. The van der Waals surface area contributed by atoms with E-state index in [-0.39, 0.29) is 17.9 Å². The van der Waals surface area contributed by atoms with Crippen molar-refractivity contribution in [2.75, 3.05) is 5.75 Å². The Morgan fingerprint density at radius 3 is 2.45 bits per heavy atom. The van der Waals surface area contributed by atoms with Gasteiger partial charge in [0.25, 0.3) is 0 Å². The standard InChI is InChI=1S/C27H35ClN2O2S/c1-3-25(27(32)29-23-10-5-4-6-11-23)30(17-22-9-7-8-12-24(22)28)26(31)19-33-18-21-15-13-20(2)14-16-21/h7-9,12-16,23,25H,3-6,10-11,17-19H2,1-2H3,(H,29,32)/t25-/m1/s1. The Morgan fingerprint density at radius 1 is 1.09 bits per heavy atom. The number of benzene rings is 2. The lowest BCUT2D eigenvalue weighted by Crippen LogP contribution is -2.52. The highest BCUT2D eigenvalue weighted by molar-refractivity contribution is 7.99. The third-order valence-corrected chi connectivity index (χ3v) is 7.61. The van der Waals surface area contributed by atoms with Crippen molar-refractivity contribution in [3.8, 4) is 0 Å². The lowest BCUT2D eigenvalue weighted by atomic mass is 9.95. The third-order valence-electron chi connectivity index (χ3n) is 6.25. The van der Waals surface area contributed by atoms with Crippen LogP contribution in [0.3, 0.4) is 0 Å². The predicted octanol–water partition coefficient (Wildman–Crippen LogP) is 6.14. The molecule has 0 spiro atoms. The molecule has 0 bridgehead atoms. The van der Waals surface area contributed by atoms with Crippen molar-refractivity contribution < 1.29 is 9.59 Å². The number of halogens is 1. The van der Waals surface area contributed by atoms with Gasteiger partial charge in [-0.05, 0) is 43.4 Å². The van der Waals surface area contributed by atoms with Crippen molar-refractivity contribution in [2.24, 2.45) is 0 Å². The van der Waals surface area contributed by atoms with Crippen LogP contribution in [0.1, 0.15) is 62.1 Å². The number of thioether (sulfide) groups is 1. The molecular formula is C27H35ClN2O2S. The maximum atomic E-state index is 13.4. The predicted molar refractivity (Wildman–Crippen MR) is 138 cm³/mol. The van der Waals surface area contributed by atoms with Crippen LogP contribution in [0.15, 0.2) is 48.5 Å². The van der Waals surface area contributed by atoms with Crippen molar-refractivity contribution in [2.45, 2.75) is 76.8 Å². The normalized spacial score (nSPS) is 15.1. The zero-order chi connectivity index (χ0) is 23.6. The summed E-state index contributed by atoms with van der Waals surface area (Å²) >= 11 is 7.99. The SMILES string of the molecule is CC[C@H](C(=O)NC1CCCCC1)N(Cc1ccccc1Cl)C(=O)CSCc1ccc(C)cc1. The van der Waals surface area contributed by atoms with Gasteiger partial charge in [0.1, 0.15) is 6.04 Å². The lowest BCUT2D eigenvalue weighted by Gasteiger charge is -2.33. The van der Waals surface area contributed by atoms with Crippen LogP contribution in [-0.4, -0.2) is 34.6 Å². The second-order valence-corrected chi connectivity index (χ2v) is 10.3. The number of hydrogen-bond acceptors (Lipinski definition) is 3. The molecule has 0 radical (unpaired) electrons. The molecule has 0 heterocycles. The summed E-state index contributed by atoms with van der Waals surface area (Å²) in [6.45, 7) is 4.37. The zero-order valence-corrected chi connectivity index (χ0v) is 21.3. The Hall–Kier alpha value is -1.98. The number of rotatable bonds is 10. The molecule has 1 aliphatic carbocycles. The van der Waals surface area contributed by atoms with Crippen LogP contribution in [-0.2, 0) is 21.9 Å². The van der Waals surface area contributed by atoms with Crippen molar-refractivity contribution in [3.63, 3.8) is 0 Å². The highest BCUT2D eigenvalue weighted by Gasteiger charge is 2.30. The smallest absolute Gasteiger partial charge is 0.243 e. The first kappa shape index (κ1) is 25.6. The number of nitrogens with one attached hydrogen (secondary N) is 1. The zero-order valence-electron chi connectivity index (χ0n) is 19.7. The fourth-order valence-electron chi connectivity index (χ4n) is 4.30. The monoisotopic (exact) mass is 486 g/mol. The van der Waals surface area contributed by atoms with Crippen molar-refractivity contribution >= 4 is 35.2 Å². The average molecular weight is 487 g/mol. The number of carbonyl (C=O) groups excluding carboxylic acids is 2. The van der Waals surface area contributed by atoms with Gasteiger partial charge in [0.15, 0.2) is 0 Å². The molecule has 6 heteroatoms. The number of aryl methyl sites for hydroxylation is 1. The molecule has 3 rings (SSSR count). The molecule has 33 heavy (non-hydrogen) atoms. The van der Waals surface area contributed by atoms with Crippen LogP contribution in [0.4, 0.5) is 0 Å². The van der Waals surface area contributed by atoms with E-state index in [2.05, 4.69) is 36.5 Å². The molecule has 0 aliphatic heterocycles. The lowest BCUT2D eigenvalue weighted by molar-refractivity contribution is -0.139. The van der Waals surface area contributed by atoms with E-state index in [1.807, 2.05) is 31.2 Å². The van der Waals surface area contributed by atoms with Crippen LogP contribution in [0.5, 0.6) is 0 Å². The number of hydrogen-bond donors (Lipinski definition) is 1. The number of nitrogens with zero attached hydrogens (tertiary/aromatic N) is 1. The van der Waals surface area contributed by atoms with Gasteiger partial charge in [-0.3, -0.25) is 9.59 Å².